The molecule has 0 aromatic heterocycles. The van der Waals surface area contributed by atoms with Crippen molar-refractivity contribution in [1.29, 1.82) is 0 Å². The SMILES string of the molecule is C=C(C)C(=O)OCCCc1cccc(OC)c1OC.[SiH4]. The van der Waals surface area contributed by atoms with E-state index in [4.69, 9.17) is 14.2 Å². The van der Waals surface area contributed by atoms with E-state index in [1.54, 1.807) is 21.1 Å². The van der Waals surface area contributed by atoms with Crippen molar-refractivity contribution in [2.24, 2.45) is 0 Å². The lowest BCUT2D eigenvalue weighted by Gasteiger charge is -2.12. The third kappa shape index (κ3) is 5.09. The number of benzene rings is 1. The number of para-hydroxylation sites is 1. The topological polar surface area (TPSA) is 44.8 Å². The molecule has 0 N–H and O–H groups in total. The normalized spacial score (nSPS) is 9.35. The zero-order valence-corrected chi connectivity index (χ0v) is 11.7. The molecule has 20 heavy (non-hydrogen) atoms. The standard InChI is InChI=1S/C15H20O4.H4Si/c1-11(2)15(16)19-10-6-8-12-7-5-9-13(17-3)14(12)18-4;/h5,7,9H,1,6,8,10H2,2-4H3;1H4. The minimum absolute atomic E-state index is 0. The Morgan fingerprint density at radius 1 is 1.25 bits per heavy atom. The van der Waals surface area contributed by atoms with Gasteiger partial charge in [0.1, 0.15) is 0 Å². The second-order valence-electron chi connectivity index (χ2n) is 4.17. The second-order valence-corrected chi connectivity index (χ2v) is 4.17. The van der Waals surface area contributed by atoms with E-state index in [1.807, 2.05) is 18.2 Å². The summed E-state index contributed by atoms with van der Waals surface area (Å²) >= 11 is 0. The van der Waals surface area contributed by atoms with E-state index in [1.165, 1.54) is 0 Å². The van der Waals surface area contributed by atoms with Crippen molar-refractivity contribution in [3.8, 4) is 11.5 Å². The summed E-state index contributed by atoms with van der Waals surface area (Å²) in [7, 11) is 3.22. The monoisotopic (exact) mass is 296 g/mol. The van der Waals surface area contributed by atoms with Crippen LogP contribution in [0.25, 0.3) is 0 Å². The molecular weight excluding hydrogens is 272 g/mol. The summed E-state index contributed by atoms with van der Waals surface area (Å²) < 4.78 is 15.6. The summed E-state index contributed by atoms with van der Waals surface area (Å²) in [5.41, 5.74) is 1.45. The first-order chi connectivity index (χ1) is 9.10. The Morgan fingerprint density at radius 3 is 2.50 bits per heavy atom. The molecule has 0 heterocycles. The fraction of sp³-hybridized carbons (Fsp3) is 0.400. The summed E-state index contributed by atoms with van der Waals surface area (Å²) in [4.78, 5) is 11.2. The predicted molar refractivity (Wildman–Crippen MR) is 85.0 cm³/mol. The third-order valence-electron chi connectivity index (χ3n) is 2.66. The molecule has 1 aromatic rings. The van der Waals surface area contributed by atoms with Crippen molar-refractivity contribution in [3.05, 3.63) is 35.9 Å². The Kier molecular flexibility index (Phi) is 8.39. The Labute approximate surface area is 124 Å². The second kappa shape index (κ2) is 9.20. The van der Waals surface area contributed by atoms with Crippen LogP contribution in [0.2, 0.25) is 0 Å². The lowest BCUT2D eigenvalue weighted by molar-refractivity contribution is -0.139. The van der Waals surface area contributed by atoms with Gasteiger partial charge < -0.3 is 14.2 Å². The molecule has 1 rings (SSSR count). The highest BCUT2D eigenvalue weighted by Gasteiger charge is 2.09. The lowest BCUT2D eigenvalue weighted by atomic mass is 10.1. The minimum Gasteiger partial charge on any atom is -0.493 e. The molecule has 0 atom stereocenters. The fourth-order valence-corrected chi connectivity index (χ4v) is 1.70. The van der Waals surface area contributed by atoms with Gasteiger partial charge in [-0.25, -0.2) is 4.79 Å². The minimum atomic E-state index is -0.349. The first-order valence-electron chi connectivity index (χ1n) is 6.12. The average Bonchev–Trinajstić information content (AvgIpc) is 2.42. The van der Waals surface area contributed by atoms with E-state index in [-0.39, 0.29) is 16.9 Å². The molecule has 0 saturated heterocycles. The molecule has 0 aliphatic heterocycles. The van der Waals surface area contributed by atoms with Gasteiger partial charge in [-0.1, -0.05) is 18.7 Å². The van der Waals surface area contributed by atoms with Crippen LogP contribution in [0.3, 0.4) is 0 Å². The Bertz CT molecular complexity index is 457. The van der Waals surface area contributed by atoms with Crippen molar-refractivity contribution < 1.29 is 19.0 Å². The molecule has 0 aliphatic carbocycles. The van der Waals surface area contributed by atoms with E-state index in [2.05, 4.69) is 6.58 Å². The maximum absolute atomic E-state index is 11.2. The number of aryl methyl sites for hydroxylation is 1. The van der Waals surface area contributed by atoms with Gasteiger partial charge in [-0.3, -0.25) is 0 Å². The molecule has 0 fully saturated rings. The highest BCUT2D eigenvalue weighted by molar-refractivity contribution is 5.86. The maximum Gasteiger partial charge on any atom is 0.333 e. The average molecular weight is 296 g/mol. The molecule has 0 aliphatic rings. The van der Waals surface area contributed by atoms with Gasteiger partial charge in [0.2, 0.25) is 0 Å². The van der Waals surface area contributed by atoms with Gasteiger partial charge in [-0.15, -0.1) is 0 Å². The summed E-state index contributed by atoms with van der Waals surface area (Å²) in [5, 5.41) is 0. The number of hydrogen-bond acceptors (Lipinski definition) is 4. The number of hydrogen-bond donors (Lipinski definition) is 0. The molecule has 0 bridgehead atoms. The molecule has 0 amide bonds. The van der Waals surface area contributed by atoms with Crippen molar-refractivity contribution in [3.63, 3.8) is 0 Å². The Hall–Kier alpha value is -1.75. The molecule has 0 spiro atoms. The van der Waals surface area contributed by atoms with Gasteiger partial charge in [-0.2, -0.15) is 0 Å². The summed E-state index contributed by atoms with van der Waals surface area (Å²) in [5.74, 6) is 1.09. The highest BCUT2D eigenvalue weighted by Crippen LogP contribution is 2.31. The largest absolute Gasteiger partial charge is 0.493 e. The van der Waals surface area contributed by atoms with Gasteiger partial charge in [0.25, 0.3) is 0 Å². The van der Waals surface area contributed by atoms with Crippen LogP contribution < -0.4 is 9.47 Å². The summed E-state index contributed by atoms with van der Waals surface area (Å²) in [6.07, 6.45) is 1.48. The molecule has 0 unspecified atom stereocenters. The zero-order chi connectivity index (χ0) is 14.3. The number of rotatable bonds is 7. The quantitative estimate of drug-likeness (QED) is 0.329. The molecule has 112 valence electrons. The number of carbonyl (C=O) groups excluding carboxylic acids is 1. The van der Waals surface area contributed by atoms with Crippen LogP contribution in [0.4, 0.5) is 0 Å². The first kappa shape index (κ1) is 18.2. The molecule has 5 heteroatoms. The van der Waals surface area contributed by atoms with Crippen molar-refractivity contribution in [2.75, 3.05) is 20.8 Å². The lowest BCUT2D eigenvalue weighted by Crippen LogP contribution is -2.07. The highest BCUT2D eigenvalue weighted by atomic mass is 28.1. The first-order valence-corrected chi connectivity index (χ1v) is 6.12. The van der Waals surface area contributed by atoms with Gasteiger partial charge in [0.15, 0.2) is 11.5 Å². The van der Waals surface area contributed by atoms with Gasteiger partial charge in [0, 0.05) is 5.57 Å². The number of carbonyl (C=O) groups is 1. The van der Waals surface area contributed by atoms with Crippen LogP contribution in [-0.2, 0) is 16.0 Å². The van der Waals surface area contributed by atoms with E-state index in [0.717, 1.165) is 24.2 Å². The van der Waals surface area contributed by atoms with E-state index in [0.29, 0.717) is 17.9 Å². The fourth-order valence-electron chi connectivity index (χ4n) is 1.70. The molecule has 0 saturated carbocycles. The maximum atomic E-state index is 11.2. The zero-order valence-electron chi connectivity index (χ0n) is 11.7. The van der Waals surface area contributed by atoms with Gasteiger partial charge in [0.05, 0.1) is 20.8 Å². The third-order valence-corrected chi connectivity index (χ3v) is 2.66. The van der Waals surface area contributed by atoms with Gasteiger partial charge >= 0.3 is 5.97 Å². The Morgan fingerprint density at radius 2 is 1.95 bits per heavy atom. The van der Waals surface area contributed by atoms with E-state index < -0.39 is 0 Å². The van der Waals surface area contributed by atoms with Crippen LogP contribution in [0.15, 0.2) is 30.4 Å². The molecule has 1 aromatic carbocycles. The molecule has 4 nitrogen and oxygen atoms in total. The molecular formula is C15H24O4Si. The van der Waals surface area contributed by atoms with Crippen molar-refractivity contribution in [2.45, 2.75) is 19.8 Å². The summed E-state index contributed by atoms with van der Waals surface area (Å²) in [6, 6.07) is 5.74. The van der Waals surface area contributed by atoms with Crippen LogP contribution in [-0.4, -0.2) is 37.8 Å². The van der Waals surface area contributed by atoms with E-state index >= 15 is 0 Å². The number of methoxy groups -OCH3 is 2. The smallest absolute Gasteiger partial charge is 0.333 e. The van der Waals surface area contributed by atoms with Crippen LogP contribution in [0, 0.1) is 0 Å². The summed E-state index contributed by atoms with van der Waals surface area (Å²) in [6.45, 7) is 5.53. The Balaban J connectivity index is 0.00000361. The van der Waals surface area contributed by atoms with Gasteiger partial charge in [-0.05, 0) is 42.4 Å². The van der Waals surface area contributed by atoms with Crippen molar-refractivity contribution in [1.82, 2.24) is 0 Å². The van der Waals surface area contributed by atoms with Crippen LogP contribution in [0.5, 0.6) is 11.5 Å². The predicted octanol–water partition coefficient (Wildman–Crippen LogP) is 1.30. The van der Waals surface area contributed by atoms with E-state index in [9.17, 15) is 4.79 Å². The van der Waals surface area contributed by atoms with Crippen LogP contribution >= 0.6 is 0 Å². The number of esters is 1. The molecule has 0 radical (unpaired) electrons. The van der Waals surface area contributed by atoms with Crippen LogP contribution in [0.1, 0.15) is 18.9 Å². The number of ether oxygens (including phenoxy) is 3. The van der Waals surface area contributed by atoms with Crippen molar-refractivity contribution >= 4 is 16.9 Å².